The molecule has 82 valence electrons. The molecule has 1 aromatic rings. The van der Waals surface area contributed by atoms with Crippen molar-refractivity contribution in [2.24, 2.45) is 0 Å². The molecule has 0 amide bonds. The van der Waals surface area contributed by atoms with Crippen molar-refractivity contribution in [3.63, 3.8) is 0 Å². The maximum absolute atomic E-state index is 11.5. The fraction of sp³-hybridized carbons (Fsp3) is 0.400. The second-order valence-electron chi connectivity index (χ2n) is 3.04. The molecule has 15 heavy (non-hydrogen) atoms. The average molecular weight is 211 g/mol. The minimum absolute atomic E-state index is 0.160. The van der Waals surface area contributed by atoms with Crippen molar-refractivity contribution in [2.75, 3.05) is 7.11 Å². The quantitative estimate of drug-likeness (QED) is 0.429. The summed E-state index contributed by atoms with van der Waals surface area (Å²) in [5.41, 5.74) is 0.726. The van der Waals surface area contributed by atoms with Gasteiger partial charge in [-0.3, -0.25) is 4.79 Å². The number of rotatable bonds is 4. The lowest BCUT2D eigenvalue weighted by Gasteiger charge is -2.06. The molecule has 0 spiro atoms. The monoisotopic (exact) mass is 211 g/mol. The third-order valence-electron chi connectivity index (χ3n) is 2.07. The van der Waals surface area contributed by atoms with Gasteiger partial charge in [-0.2, -0.15) is 4.73 Å². The molecular formula is C10H13NO4. The summed E-state index contributed by atoms with van der Waals surface area (Å²) >= 11 is 0. The van der Waals surface area contributed by atoms with E-state index in [0.717, 1.165) is 0 Å². The van der Waals surface area contributed by atoms with E-state index in [0.29, 0.717) is 16.8 Å². The first-order chi connectivity index (χ1) is 7.19. The SMILES string of the molecule is COC(=O)CCc1cccc(CO)[n+]1[O-]. The highest BCUT2D eigenvalue weighted by Crippen LogP contribution is 2.01. The van der Waals surface area contributed by atoms with E-state index in [1.807, 2.05) is 0 Å². The topological polar surface area (TPSA) is 73.5 Å². The number of aryl methyl sites for hydroxylation is 1. The highest BCUT2D eigenvalue weighted by molar-refractivity contribution is 5.69. The molecule has 1 heterocycles. The van der Waals surface area contributed by atoms with Crippen LogP contribution in [0.25, 0.3) is 0 Å². The summed E-state index contributed by atoms with van der Waals surface area (Å²) in [6, 6.07) is 4.83. The molecule has 0 aliphatic rings. The van der Waals surface area contributed by atoms with E-state index < -0.39 is 0 Å². The van der Waals surface area contributed by atoms with Crippen LogP contribution in [0.1, 0.15) is 17.8 Å². The predicted octanol–water partition coefficient (Wildman–Crippen LogP) is -0.0821. The molecule has 1 rings (SSSR count). The predicted molar refractivity (Wildman–Crippen MR) is 51.7 cm³/mol. The van der Waals surface area contributed by atoms with Gasteiger partial charge in [-0.1, -0.05) is 0 Å². The first kappa shape index (κ1) is 11.5. The molecule has 5 nitrogen and oxygen atoms in total. The molecule has 0 atom stereocenters. The van der Waals surface area contributed by atoms with Crippen LogP contribution in [0.4, 0.5) is 0 Å². The number of aromatic nitrogens is 1. The third-order valence-corrected chi connectivity index (χ3v) is 2.07. The fourth-order valence-electron chi connectivity index (χ4n) is 1.22. The van der Waals surface area contributed by atoms with Crippen molar-refractivity contribution in [3.05, 3.63) is 34.8 Å². The zero-order chi connectivity index (χ0) is 11.3. The Hall–Kier alpha value is -1.62. The largest absolute Gasteiger partial charge is 0.618 e. The number of carbonyl (C=O) groups excluding carboxylic acids is 1. The summed E-state index contributed by atoms with van der Waals surface area (Å²) in [6.45, 7) is -0.310. The Morgan fingerprint density at radius 2 is 2.20 bits per heavy atom. The first-order valence-electron chi connectivity index (χ1n) is 4.57. The molecule has 0 radical (unpaired) electrons. The first-order valence-corrected chi connectivity index (χ1v) is 4.57. The number of pyridine rings is 1. The van der Waals surface area contributed by atoms with E-state index in [1.165, 1.54) is 13.2 Å². The molecule has 0 aliphatic heterocycles. The van der Waals surface area contributed by atoms with E-state index in [9.17, 15) is 10.0 Å². The van der Waals surface area contributed by atoms with Gasteiger partial charge in [0.15, 0.2) is 5.69 Å². The molecular weight excluding hydrogens is 198 g/mol. The lowest BCUT2D eigenvalue weighted by Crippen LogP contribution is -2.36. The minimum atomic E-state index is -0.357. The highest BCUT2D eigenvalue weighted by atomic mass is 16.5. The summed E-state index contributed by atoms with van der Waals surface area (Å²) in [7, 11) is 1.30. The van der Waals surface area contributed by atoms with Crippen molar-refractivity contribution in [1.29, 1.82) is 0 Å². The molecule has 0 aliphatic carbocycles. The molecule has 0 fully saturated rings. The number of carbonyl (C=O) groups is 1. The van der Waals surface area contributed by atoms with Gasteiger partial charge >= 0.3 is 5.97 Å². The Morgan fingerprint density at radius 1 is 1.53 bits per heavy atom. The van der Waals surface area contributed by atoms with Gasteiger partial charge in [-0.15, -0.1) is 0 Å². The number of methoxy groups -OCH3 is 1. The van der Waals surface area contributed by atoms with Gasteiger partial charge in [0, 0.05) is 18.6 Å². The molecule has 0 saturated carbocycles. The Kier molecular flexibility index (Phi) is 4.05. The Balaban J connectivity index is 2.73. The van der Waals surface area contributed by atoms with Gasteiger partial charge in [0.1, 0.15) is 6.61 Å². The second-order valence-corrected chi connectivity index (χ2v) is 3.04. The number of esters is 1. The maximum Gasteiger partial charge on any atom is 0.306 e. The summed E-state index contributed by atoms with van der Waals surface area (Å²) in [6.07, 6.45) is 0.470. The smallest absolute Gasteiger partial charge is 0.306 e. The van der Waals surface area contributed by atoms with Crippen LogP contribution in [0.3, 0.4) is 0 Å². The summed E-state index contributed by atoms with van der Waals surface area (Å²) in [4.78, 5) is 10.9. The van der Waals surface area contributed by atoms with Crippen molar-refractivity contribution >= 4 is 5.97 Å². The fourth-order valence-corrected chi connectivity index (χ4v) is 1.22. The van der Waals surface area contributed by atoms with Crippen LogP contribution in [-0.2, 0) is 22.6 Å². The molecule has 0 unspecified atom stereocenters. The van der Waals surface area contributed by atoms with Crippen LogP contribution in [0.15, 0.2) is 18.2 Å². The summed E-state index contributed by atoms with van der Waals surface area (Å²) in [5, 5.41) is 20.4. The molecule has 0 bridgehead atoms. The lowest BCUT2D eigenvalue weighted by molar-refractivity contribution is -0.624. The van der Waals surface area contributed by atoms with Crippen LogP contribution in [0, 0.1) is 5.21 Å². The molecule has 0 aromatic carbocycles. The van der Waals surface area contributed by atoms with E-state index in [2.05, 4.69) is 4.74 Å². The standard InChI is InChI=1S/C10H13NO4/c1-15-10(13)6-5-8-3-2-4-9(7-12)11(8)14/h2-4,12H,5-7H2,1H3. The number of hydrogen-bond donors (Lipinski definition) is 1. The van der Waals surface area contributed by atoms with E-state index in [4.69, 9.17) is 5.11 Å². The van der Waals surface area contributed by atoms with E-state index >= 15 is 0 Å². The van der Waals surface area contributed by atoms with Crippen molar-refractivity contribution in [2.45, 2.75) is 19.4 Å². The van der Waals surface area contributed by atoms with Gasteiger partial charge in [-0.25, -0.2) is 0 Å². The number of aliphatic hydroxyl groups excluding tert-OH is 1. The van der Waals surface area contributed by atoms with Gasteiger partial charge in [0.05, 0.1) is 13.5 Å². The van der Waals surface area contributed by atoms with Crippen molar-refractivity contribution in [3.8, 4) is 0 Å². The zero-order valence-electron chi connectivity index (χ0n) is 8.47. The third kappa shape index (κ3) is 2.92. The Morgan fingerprint density at radius 3 is 2.80 bits per heavy atom. The summed E-state index contributed by atoms with van der Waals surface area (Å²) in [5.74, 6) is -0.357. The van der Waals surface area contributed by atoms with Crippen LogP contribution >= 0.6 is 0 Å². The Bertz CT molecular complexity index is 351. The average Bonchev–Trinajstić information content (AvgIpc) is 2.27. The normalized spacial score (nSPS) is 10.0. The minimum Gasteiger partial charge on any atom is -0.618 e. The van der Waals surface area contributed by atoms with Gasteiger partial charge in [0.25, 0.3) is 0 Å². The Labute approximate surface area is 87.5 Å². The highest BCUT2D eigenvalue weighted by Gasteiger charge is 2.11. The van der Waals surface area contributed by atoms with Crippen molar-refractivity contribution in [1.82, 2.24) is 0 Å². The second kappa shape index (κ2) is 5.31. The number of aliphatic hydroxyl groups is 1. The zero-order valence-corrected chi connectivity index (χ0v) is 8.47. The van der Waals surface area contributed by atoms with Crippen LogP contribution in [0.5, 0.6) is 0 Å². The lowest BCUT2D eigenvalue weighted by atomic mass is 10.2. The summed E-state index contributed by atoms with van der Waals surface area (Å²) < 4.78 is 5.11. The van der Waals surface area contributed by atoms with Gasteiger partial charge < -0.3 is 15.1 Å². The maximum atomic E-state index is 11.5. The van der Waals surface area contributed by atoms with Gasteiger partial charge in [-0.05, 0) is 6.07 Å². The molecule has 5 heteroatoms. The van der Waals surface area contributed by atoms with Crippen LogP contribution in [0.2, 0.25) is 0 Å². The van der Waals surface area contributed by atoms with Crippen molar-refractivity contribution < 1.29 is 19.4 Å². The van der Waals surface area contributed by atoms with E-state index in [1.54, 1.807) is 12.1 Å². The van der Waals surface area contributed by atoms with Crippen LogP contribution < -0.4 is 4.73 Å². The number of hydrogen-bond acceptors (Lipinski definition) is 4. The number of ether oxygens (including phenoxy) is 1. The molecule has 1 aromatic heterocycles. The number of nitrogens with zero attached hydrogens (tertiary/aromatic N) is 1. The molecule has 1 N–H and O–H groups in total. The van der Waals surface area contributed by atoms with E-state index in [-0.39, 0.29) is 24.7 Å². The van der Waals surface area contributed by atoms with Gasteiger partial charge in [0.2, 0.25) is 5.69 Å². The molecule has 0 saturated heterocycles. The van der Waals surface area contributed by atoms with Crippen LogP contribution in [-0.4, -0.2) is 18.2 Å².